The first-order valence-corrected chi connectivity index (χ1v) is 23.1. The highest BCUT2D eigenvalue weighted by atomic mass is 79.9. The molecule has 16 nitrogen and oxygen atoms in total. The van der Waals surface area contributed by atoms with Gasteiger partial charge in [-0.25, -0.2) is 0 Å². The van der Waals surface area contributed by atoms with Gasteiger partial charge in [0.25, 0.3) is 23.6 Å². The van der Waals surface area contributed by atoms with Crippen LogP contribution in [0.25, 0.3) is 21.5 Å². The Labute approximate surface area is 425 Å². The molecule has 9 aromatic carbocycles. The van der Waals surface area contributed by atoms with Gasteiger partial charge in [0.05, 0.1) is 31.0 Å². The number of aromatic hydroxyl groups is 2. The van der Waals surface area contributed by atoms with Gasteiger partial charge in [-0.1, -0.05) is 84.9 Å². The zero-order valence-corrected chi connectivity index (χ0v) is 40.3. The van der Waals surface area contributed by atoms with E-state index in [-0.39, 0.29) is 68.2 Å². The van der Waals surface area contributed by atoms with Crippen LogP contribution in [0.1, 0.15) is 41.4 Å². The molecule has 0 aliphatic rings. The Morgan fingerprint density at radius 2 is 0.863 bits per heavy atom. The molecule has 0 atom stereocenters. The maximum Gasteiger partial charge on any atom is 0.259 e. The summed E-state index contributed by atoms with van der Waals surface area (Å²) in [5.74, 6) is -2.54. The number of anilines is 4. The van der Waals surface area contributed by atoms with Gasteiger partial charge in [-0.15, -0.1) is 20.5 Å². The third kappa shape index (κ3) is 10.7. The minimum absolute atomic E-state index is 0.0128. The third-order valence-electron chi connectivity index (χ3n) is 11.4. The highest BCUT2D eigenvalue weighted by molar-refractivity contribution is 9.10. The Morgan fingerprint density at radius 1 is 0.438 bits per heavy atom. The summed E-state index contributed by atoms with van der Waals surface area (Å²) < 4.78 is 11.5. The third-order valence-corrected chi connectivity index (χ3v) is 12.1. The minimum atomic E-state index is -0.720. The van der Waals surface area contributed by atoms with Crippen molar-refractivity contribution in [2.45, 2.75) is 0 Å². The average molecular weight is 1030 g/mol. The van der Waals surface area contributed by atoms with Gasteiger partial charge in [0.1, 0.15) is 34.2 Å². The van der Waals surface area contributed by atoms with E-state index in [1.807, 2.05) is 12.1 Å². The molecule has 73 heavy (non-hydrogen) atoms. The summed E-state index contributed by atoms with van der Waals surface area (Å²) >= 11 is 3.48. The van der Waals surface area contributed by atoms with Crippen molar-refractivity contribution in [1.82, 2.24) is 0 Å². The average Bonchev–Trinajstić information content (AvgIpc) is 3.41. The van der Waals surface area contributed by atoms with Gasteiger partial charge >= 0.3 is 0 Å². The van der Waals surface area contributed by atoms with Gasteiger partial charge in [0.15, 0.2) is 11.5 Å². The van der Waals surface area contributed by atoms with E-state index < -0.39 is 23.3 Å². The molecule has 9 aromatic rings. The summed E-state index contributed by atoms with van der Waals surface area (Å²) in [5, 5.41) is 54.4. The number of halogens is 1. The number of amides is 4. The predicted molar refractivity (Wildman–Crippen MR) is 284 cm³/mol. The molecule has 0 aliphatic carbocycles. The number of phenolic OH excluding ortho intramolecular Hbond substituents is 2. The van der Waals surface area contributed by atoms with Crippen molar-refractivity contribution >= 4 is 107 Å². The molecule has 0 bridgehead atoms. The maximum atomic E-state index is 14.1. The summed E-state index contributed by atoms with van der Waals surface area (Å²) in [6.07, 6.45) is 0. The maximum absolute atomic E-state index is 14.1. The summed E-state index contributed by atoms with van der Waals surface area (Å²) in [4.78, 5) is 54.5. The lowest BCUT2D eigenvalue weighted by molar-refractivity contribution is 0.101. The van der Waals surface area contributed by atoms with E-state index in [1.54, 1.807) is 133 Å². The lowest BCUT2D eigenvalue weighted by Crippen LogP contribution is -2.15. The second-order valence-electron chi connectivity index (χ2n) is 16.1. The molecule has 0 radical (unpaired) electrons. The van der Waals surface area contributed by atoms with Gasteiger partial charge in [-0.2, -0.15) is 0 Å². The van der Waals surface area contributed by atoms with Crippen LogP contribution in [-0.2, 0) is 0 Å². The first-order chi connectivity index (χ1) is 35.5. The number of fused-ring (bicyclic) bond motifs is 2. The van der Waals surface area contributed by atoms with E-state index >= 15 is 0 Å². The van der Waals surface area contributed by atoms with Crippen molar-refractivity contribution in [3.8, 4) is 23.0 Å². The van der Waals surface area contributed by atoms with Crippen LogP contribution in [-0.4, -0.2) is 48.1 Å². The quantitative estimate of drug-likeness (QED) is 0.0573. The number of benzene rings is 9. The van der Waals surface area contributed by atoms with Crippen molar-refractivity contribution in [2.75, 3.05) is 35.5 Å². The van der Waals surface area contributed by atoms with Crippen LogP contribution in [0.15, 0.2) is 201 Å². The number of hydrogen-bond acceptors (Lipinski definition) is 12. The Kier molecular flexibility index (Phi) is 14.2. The van der Waals surface area contributed by atoms with Gasteiger partial charge < -0.3 is 41.0 Å². The zero-order chi connectivity index (χ0) is 51.0. The Balaban J connectivity index is 0.970. The van der Waals surface area contributed by atoms with E-state index in [2.05, 4.69) is 57.7 Å². The lowest BCUT2D eigenvalue weighted by atomic mass is 10.0. The van der Waals surface area contributed by atoms with Crippen molar-refractivity contribution in [3.05, 3.63) is 203 Å². The number of hydrogen-bond donors (Lipinski definition) is 6. The molecular formula is C56H41BrN8O8. The number of methoxy groups -OCH3 is 2. The Bertz CT molecular complexity index is 3690. The van der Waals surface area contributed by atoms with E-state index in [0.29, 0.717) is 48.9 Å². The van der Waals surface area contributed by atoms with Crippen molar-refractivity contribution in [2.24, 2.45) is 20.5 Å². The number of nitrogens with zero attached hydrogens (tertiary/aromatic N) is 4. The fourth-order valence-corrected chi connectivity index (χ4v) is 8.09. The molecule has 0 saturated heterocycles. The highest BCUT2D eigenvalue weighted by Crippen LogP contribution is 2.43. The van der Waals surface area contributed by atoms with Gasteiger partial charge in [-0.05, 0) is 118 Å². The van der Waals surface area contributed by atoms with Gasteiger partial charge in [0, 0.05) is 43.4 Å². The van der Waals surface area contributed by atoms with Crippen LogP contribution >= 0.6 is 15.9 Å². The smallest absolute Gasteiger partial charge is 0.259 e. The van der Waals surface area contributed by atoms with Crippen LogP contribution in [0.5, 0.6) is 23.0 Å². The Morgan fingerprint density at radius 3 is 1.33 bits per heavy atom. The summed E-state index contributed by atoms with van der Waals surface area (Å²) in [6, 6.07) is 49.0. The number of para-hydroxylation sites is 2. The molecular weight excluding hydrogens is 993 g/mol. The molecule has 4 amide bonds. The van der Waals surface area contributed by atoms with E-state index in [4.69, 9.17) is 9.47 Å². The zero-order valence-electron chi connectivity index (χ0n) is 38.8. The number of ether oxygens (including phenoxy) is 2. The molecule has 0 spiro atoms. The Hall–Kier alpha value is -9.74. The van der Waals surface area contributed by atoms with Gasteiger partial charge in [-0.3, -0.25) is 19.2 Å². The largest absolute Gasteiger partial charge is 0.505 e. The van der Waals surface area contributed by atoms with Crippen LogP contribution in [0, 0.1) is 0 Å². The van der Waals surface area contributed by atoms with E-state index in [9.17, 15) is 29.4 Å². The van der Waals surface area contributed by atoms with Crippen LogP contribution in [0.2, 0.25) is 0 Å². The van der Waals surface area contributed by atoms with Crippen molar-refractivity contribution < 1.29 is 38.9 Å². The highest BCUT2D eigenvalue weighted by Gasteiger charge is 2.23. The van der Waals surface area contributed by atoms with Crippen LogP contribution in [0.3, 0.4) is 0 Å². The number of phenols is 2. The van der Waals surface area contributed by atoms with Crippen LogP contribution < -0.4 is 30.7 Å². The fourth-order valence-electron chi connectivity index (χ4n) is 7.75. The second kappa shape index (κ2) is 21.5. The number of rotatable bonds is 14. The number of carbonyl (C=O) groups is 4. The first kappa shape index (κ1) is 48.3. The normalized spacial score (nSPS) is 11.2. The summed E-state index contributed by atoms with van der Waals surface area (Å²) in [5.41, 5.74) is 2.30. The number of nitrogens with one attached hydrogen (secondary N) is 4. The summed E-state index contributed by atoms with van der Waals surface area (Å²) in [6.45, 7) is 0. The standard InChI is InChI=1S/C56H41BrN8O8/c1-72-47-25-21-34(53(68)58-36-15-5-3-6-16-36)29-45(47)62-64-49-39-19-11-9-13-32(39)27-41(51(49)66)55(70)60-38-23-24-43(57)44(31-38)61-56(71)42-28-33-14-10-12-20-40(33)50(52(42)67)65-63-46-30-35(22-26-48(46)73-2)54(69)59-37-17-7-4-8-18-37/h3-31,66-67H,1-2H3,(H,58,68)(H,59,69)(H,60,70)(H,61,71). The molecule has 0 aliphatic heterocycles. The molecule has 17 heteroatoms. The lowest BCUT2D eigenvalue weighted by Gasteiger charge is -2.14. The van der Waals surface area contributed by atoms with E-state index in [1.165, 1.54) is 44.6 Å². The van der Waals surface area contributed by atoms with Crippen molar-refractivity contribution in [3.63, 3.8) is 0 Å². The topological polar surface area (TPSA) is 225 Å². The van der Waals surface area contributed by atoms with Gasteiger partial charge in [0.2, 0.25) is 0 Å². The first-order valence-electron chi connectivity index (χ1n) is 22.3. The monoisotopic (exact) mass is 1030 g/mol. The molecule has 0 heterocycles. The molecule has 0 saturated carbocycles. The van der Waals surface area contributed by atoms with E-state index in [0.717, 1.165) is 0 Å². The predicted octanol–water partition coefficient (Wildman–Crippen LogP) is 14.0. The molecule has 9 rings (SSSR count). The molecule has 0 fully saturated rings. The second-order valence-corrected chi connectivity index (χ2v) is 17.0. The SMILES string of the molecule is COc1ccc(C(=O)Nc2ccccc2)cc1N=Nc1c(O)c(C(=O)Nc2ccc(Br)c(NC(=O)c3cc4ccccc4c(N=Nc4cc(C(=O)Nc5ccccc5)ccc4OC)c3O)c2)cc2ccccc12. The minimum Gasteiger partial charge on any atom is -0.505 e. The molecule has 6 N–H and O–H groups in total. The van der Waals surface area contributed by atoms with Crippen molar-refractivity contribution in [1.29, 1.82) is 0 Å². The fraction of sp³-hybridized carbons (Fsp3) is 0.0357. The molecule has 0 aromatic heterocycles. The molecule has 0 unspecified atom stereocenters. The molecule has 360 valence electrons. The number of carbonyl (C=O) groups excluding carboxylic acids is 4. The number of azo groups is 2. The summed E-state index contributed by atoms with van der Waals surface area (Å²) in [7, 11) is 2.90. The van der Waals surface area contributed by atoms with Crippen LogP contribution in [0.4, 0.5) is 45.5 Å².